The van der Waals surface area contributed by atoms with Crippen LogP contribution >= 0.6 is 0 Å². The second-order valence-electron chi connectivity index (χ2n) is 9.57. The minimum Gasteiger partial charge on any atom is -0.388 e. The number of hydrogen-bond acceptors (Lipinski definition) is 4. The number of nitrogens with zero attached hydrogens (tertiary/aromatic N) is 1. The predicted octanol–water partition coefficient (Wildman–Crippen LogP) is 2.40. The van der Waals surface area contributed by atoms with Gasteiger partial charge in [-0.2, -0.15) is 0 Å². The molecule has 0 aromatic heterocycles. The molecule has 186 valence electrons. The molecule has 5 atom stereocenters. The van der Waals surface area contributed by atoms with E-state index < -0.39 is 59.5 Å². The van der Waals surface area contributed by atoms with Crippen LogP contribution in [0.3, 0.4) is 0 Å². The van der Waals surface area contributed by atoms with E-state index in [-0.39, 0.29) is 17.9 Å². The van der Waals surface area contributed by atoms with Crippen LogP contribution in [0.1, 0.15) is 49.1 Å². The predicted molar refractivity (Wildman–Crippen MR) is 124 cm³/mol. The summed E-state index contributed by atoms with van der Waals surface area (Å²) in [6.45, 7) is 3.74. The lowest BCUT2D eigenvalue weighted by atomic mass is 9.87. The number of halogens is 2. The number of carbonyl (C=O) groups excluding carboxylic acids is 3. The van der Waals surface area contributed by atoms with Gasteiger partial charge in [-0.25, -0.2) is 8.78 Å². The molecule has 0 radical (unpaired) electrons. The van der Waals surface area contributed by atoms with Crippen molar-refractivity contribution in [3.63, 3.8) is 0 Å². The van der Waals surface area contributed by atoms with Gasteiger partial charge in [-0.15, -0.1) is 0 Å². The maximum atomic E-state index is 14.9. The zero-order valence-electron chi connectivity index (χ0n) is 19.8. The van der Waals surface area contributed by atoms with Gasteiger partial charge in [0.2, 0.25) is 17.7 Å². The van der Waals surface area contributed by atoms with Crippen LogP contribution in [-0.2, 0) is 20.8 Å². The average Bonchev–Trinajstić information content (AvgIpc) is 3.15. The number of aliphatic hydroxyl groups excluding tert-OH is 1. The summed E-state index contributed by atoms with van der Waals surface area (Å²) in [5, 5.41) is 16.2. The number of hydrogen-bond donors (Lipinski definition) is 3. The Balaban J connectivity index is 1.79. The van der Waals surface area contributed by atoms with Crippen LogP contribution in [-0.4, -0.2) is 46.9 Å². The largest absolute Gasteiger partial charge is 0.388 e. The Morgan fingerprint density at radius 2 is 1.91 bits per heavy atom. The molecule has 1 aliphatic carbocycles. The Morgan fingerprint density at radius 1 is 1.20 bits per heavy atom. The monoisotopic (exact) mass is 485 g/mol. The van der Waals surface area contributed by atoms with Crippen molar-refractivity contribution in [2.45, 2.75) is 50.9 Å². The summed E-state index contributed by atoms with van der Waals surface area (Å²) >= 11 is 0. The molecule has 3 N–H and O–H groups in total. The van der Waals surface area contributed by atoms with Crippen LogP contribution in [0, 0.1) is 23.5 Å². The fourth-order valence-electron chi connectivity index (χ4n) is 5.20. The minimum absolute atomic E-state index is 0.0256. The average molecular weight is 486 g/mol. The van der Waals surface area contributed by atoms with E-state index >= 15 is 0 Å². The molecule has 3 amide bonds. The van der Waals surface area contributed by atoms with Crippen LogP contribution < -0.4 is 10.6 Å². The molecule has 7 nitrogen and oxygen atoms in total. The molecule has 2 aromatic rings. The molecule has 4 rings (SSSR count). The smallest absolute Gasteiger partial charge is 0.247 e. The zero-order chi connectivity index (χ0) is 25.4. The molecule has 9 heteroatoms. The Labute approximate surface area is 202 Å². The van der Waals surface area contributed by atoms with E-state index in [1.165, 1.54) is 7.05 Å². The van der Waals surface area contributed by atoms with Crippen LogP contribution in [0.5, 0.6) is 0 Å². The SMILES string of the molecule is CNC(=O)[C@@H](c1ccc(F)cc1F)N1C(=O)C([C@@H]2Cc3ccccc3C2O)NC(=O)[C@H]1CC(C)C. The van der Waals surface area contributed by atoms with E-state index in [0.29, 0.717) is 18.1 Å². The molecule has 0 spiro atoms. The van der Waals surface area contributed by atoms with Gasteiger partial charge >= 0.3 is 0 Å². The highest BCUT2D eigenvalue weighted by atomic mass is 19.1. The van der Waals surface area contributed by atoms with Gasteiger partial charge in [-0.3, -0.25) is 14.4 Å². The Bertz CT molecular complexity index is 1160. The fourth-order valence-corrected chi connectivity index (χ4v) is 5.20. The Morgan fingerprint density at radius 3 is 2.54 bits per heavy atom. The zero-order valence-corrected chi connectivity index (χ0v) is 19.8. The number of benzene rings is 2. The molecular weight excluding hydrogens is 456 g/mol. The first-order valence-electron chi connectivity index (χ1n) is 11.7. The van der Waals surface area contributed by atoms with E-state index in [4.69, 9.17) is 0 Å². The van der Waals surface area contributed by atoms with E-state index in [0.717, 1.165) is 22.6 Å². The van der Waals surface area contributed by atoms with Crippen molar-refractivity contribution in [3.05, 3.63) is 70.8 Å². The number of nitrogens with one attached hydrogen (secondary N) is 2. The molecular formula is C26H29F2N3O4. The third-order valence-corrected chi connectivity index (χ3v) is 6.84. The maximum Gasteiger partial charge on any atom is 0.247 e. The Hall–Kier alpha value is -3.33. The first-order chi connectivity index (χ1) is 16.6. The molecule has 1 aliphatic heterocycles. The molecule has 1 saturated heterocycles. The third kappa shape index (κ3) is 4.52. The third-order valence-electron chi connectivity index (χ3n) is 6.84. The Kier molecular flexibility index (Phi) is 6.89. The molecule has 0 saturated carbocycles. The van der Waals surface area contributed by atoms with Gasteiger partial charge in [0.05, 0.1) is 6.10 Å². The molecule has 0 bridgehead atoms. The molecule has 2 aromatic carbocycles. The molecule has 1 heterocycles. The highest BCUT2D eigenvalue weighted by Gasteiger charge is 2.51. The van der Waals surface area contributed by atoms with Gasteiger partial charge in [0.1, 0.15) is 29.8 Å². The van der Waals surface area contributed by atoms with E-state index in [1.807, 2.05) is 26.0 Å². The lowest BCUT2D eigenvalue weighted by molar-refractivity contribution is -0.159. The van der Waals surface area contributed by atoms with E-state index in [9.17, 15) is 28.3 Å². The number of piperazine rings is 1. The standard InChI is InChI=1S/C26H29F2N3O4/c1-13(2)10-20-24(33)30-21(18-11-14-6-4-5-7-16(14)23(18)32)26(35)31(20)22(25(34)29-3)17-9-8-15(27)12-19(17)28/h4-9,12-13,18,20-23,32H,10-11H2,1-3H3,(H,29,34)(H,30,33)/t18-,20+,21?,22+,23?/m0/s1. The summed E-state index contributed by atoms with van der Waals surface area (Å²) in [6.07, 6.45) is -0.412. The lowest BCUT2D eigenvalue weighted by Gasteiger charge is -2.45. The van der Waals surface area contributed by atoms with Crippen molar-refractivity contribution in [1.29, 1.82) is 0 Å². The van der Waals surface area contributed by atoms with Crippen LogP contribution in [0.15, 0.2) is 42.5 Å². The molecule has 1 fully saturated rings. The second-order valence-corrected chi connectivity index (χ2v) is 9.57. The van der Waals surface area contributed by atoms with Crippen LogP contribution in [0.2, 0.25) is 0 Å². The van der Waals surface area contributed by atoms with Crippen molar-refractivity contribution >= 4 is 17.7 Å². The number of fused-ring (bicyclic) bond motifs is 1. The minimum atomic E-state index is -1.49. The second kappa shape index (κ2) is 9.73. The van der Waals surface area contributed by atoms with Crippen molar-refractivity contribution in [3.8, 4) is 0 Å². The van der Waals surface area contributed by atoms with Gasteiger partial charge in [-0.1, -0.05) is 44.2 Å². The summed E-state index contributed by atoms with van der Waals surface area (Å²) in [4.78, 5) is 41.5. The lowest BCUT2D eigenvalue weighted by Crippen LogP contribution is -2.67. The van der Waals surface area contributed by atoms with Gasteiger partial charge in [0, 0.05) is 24.6 Å². The molecule has 2 aliphatic rings. The van der Waals surface area contributed by atoms with Gasteiger partial charge < -0.3 is 20.6 Å². The maximum absolute atomic E-state index is 14.9. The normalized spacial score (nSPS) is 24.8. The number of likely N-dealkylation sites (N-methyl/N-ethyl adjacent to an activating group) is 1. The quantitative estimate of drug-likeness (QED) is 0.585. The summed E-state index contributed by atoms with van der Waals surface area (Å²) < 4.78 is 28.6. The number of rotatable bonds is 6. The molecule has 2 unspecified atom stereocenters. The van der Waals surface area contributed by atoms with Gasteiger partial charge in [-0.05, 0) is 36.0 Å². The van der Waals surface area contributed by atoms with Crippen molar-refractivity contribution in [1.82, 2.24) is 15.5 Å². The van der Waals surface area contributed by atoms with Crippen LogP contribution in [0.4, 0.5) is 8.78 Å². The van der Waals surface area contributed by atoms with E-state index in [2.05, 4.69) is 10.6 Å². The number of carbonyl (C=O) groups is 3. The number of aliphatic hydroxyl groups is 1. The summed E-state index contributed by atoms with van der Waals surface area (Å²) in [6, 6.07) is 6.35. The summed E-state index contributed by atoms with van der Waals surface area (Å²) in [5.74, 6) is -4.29. The van der Waals surface area contributed by atoms with Crippen molar-refractivity contribution in [2.24, 2.45) is 11.8 Å². The first kappa shape index (κ1) is 24.8. The number of amides is 3. The van der Waals surface area contributed by atoms with E-state index in [1.54, 1.807) is 12.1 Å². The van der Waals surface area contributed by atoms with Crippen LogP contribution in [0.25, 0.3) is 0 Å². The highest BCUT2D eigenvalue weighted by molar-refractivity contribution is 6.00. The van der Waals surface area contributed by atoms with Gasteiger partial charge in [0.15, 0.2) is 0 Å². The van der Waals surface area contributed by atoms with Crippen molar-refractivity contribution in [2.75, 3.05) is 7.05 Å². The highest BCUT2D eigenvalue weighted by Crippen LogP contribution is 2.41. The summed E-state index contributed by atoms with van der Waals surface area (Å²) in [7, 11) is 1.34. The first-order valence-corrected chi connectivity index (χ1v) is 11.7. The topological polar surface area (TPSA) is 98.7 Å². The van der Waals surface area contributed by atoms with Gasteiger partial charge in [0.25, 0.3) is 0 Å². The fraction of sp³-hybridized carbons (Fsp3) is 0.423. The summed E-state index contributed by atoms with van der Waals surface area (Å²) in [5.41, 5.74) is 1.34. The van der Waals surface area contributed by atoms with Crippen molar-refractivity contribution < 1.29 is 28.3 Å². The molecule has 35 heavy (non-hydrogen) atoms.